The second-order valence-electron chi connectivity index (χ2n) is 6.80. The quantitative estimate of drug-likeness (QED) is 0.775. The third-order valence-electron chi connectivity index (χ3n) is 5.18. The number of anilines is 1. The molecule has 2 aromatic heterocycles. The number of nitrogens with zero attached hydrogens (tertiary/aromatic N) is 3. The van der Waals surface area contributed by atoms with Gasteiger partial charge in [-0.05, 0) is 44.0 Å². The lowest BCUT2D eigenvalue weighted by Crippen LogP contribution is -2.31. The Hall–Kier alpha value is -3.15. The van der Waals surface area contributed by atoms with E-state index in [4.69, 9.17) is 4.74 Å². The molecule has 3 aromatic rings. The smallest absolute Gasteiger partial charge is 0.254 e. The van der Waals surface area contributed by atoms with Crippen LogP contribution in [0, 0.1) is 13.8 Å². The van der Waals surface area contributed by atoms with Crippen LogP contribution in [0.5, 0.6) is 5.75 Å². The van der Waals surface area contributed by atoms with Crippen molar-refractivity contribution >= 4 is 5.82 Å². The Morgan fingerprint density at radius 2 is 2.04 bits per heavy atom. The lowest BCUT2D eigenvalue weighted by Gasteiger charge is -2.30. The molecule has 6 heteroatoms. The van der Waals surface area contributed by atoms with E-state index in [9.17, 15) is 4.79 Å². The van der Waals surface area contributed by atoms with Crippen molar-refractivity contribution in [1.29, 1.82) is 0 Å². The zero-order valence-electron chi connectivity index (χ0n) is 15.7. The predicted octanol–water partition coefficient (Wildman–Crippen LogP) is 3.02. The minimum absolute atomic E-state index is 0.108. The molecular formula is C21H22N4O2. The summed E-state index contributed by atoms with van der Waals surface area (Å²) in [6, 6.07) is 10.1. The summed E-state index contributed by atoms with van der Waals surface area (Å²) in [6.45, 7) is 5.31. The van der Waals surface area contributed by atoms with Crippen molar-refractivity contribution in [2.24, 2.45) is 0 Å². The lowest BCUT2D eigenvalue weighted by molar-refractivity contribution is 0.407. The number of benzene rings is 1. The Bertz CT molecular complexity index is 1040. The van der Waals surface area contributed by atoms with Gasteiger partial charge in [0.25, 0.3) is 5.56 Å². The van der Waals surface area contributed by atoms with Crippen molar-refractivity contribution in [3.8, 4) is 17.1 Å². The maximum atomic E-state index is 12.0. The maximum Gasteiger partial charge on any atom is 0.254 e. The molecule has 0 amide bonds. The van der Waals surface area contributed by atoms with Gasteiger partial charge in [0.2, 0.25) is 0 Å². The molecule has 0 unspecified atom stereocenters. The highest BCUT2D eigenvalue weighted by Gasteiger charge is 2.20. The van der Waals surface area contributed by atoms with Crippen LogP contribution in [-0.4, -0.2) is 28.6 Å². The van der Waals surface area contributed by atoms with Gasteiger partial charge in [0.15, 0.2) is 0 Å². The van der Waals surface area contributed by atoms with Gasteiger partial charge in [0.05, 0.1) is 7.11 Å². The van der Waals surface area contributed by atoms with E-state index >= 15 is 0 Å². The molecule has 0 radical (unpaired) electrons. The van der Waals surface area contributed by atoms with E-state index in [1.807, 2.05) is 31.2 Å². The van der Waals surface area contributed by atoms with Crippen LogP contribution in [0.4, 0.5) is 5.82 Å². The molecule has 1 aromatic carbocycles. The van der Waals surface area contributed by atoms with Crippen molar-refractivity contribution in [2.45, 2.75) is 26.8 Å². The molecule has 0 fully saturated rings. The zero-order valence-corrected chi connectivity index (χ0v) is 15.7. The van der Waals surface area contributed by atoms with E-state index in [1.54, 1.807) is 20.2 Å². The summed E-state index contributed by atoms with van der Waals surface area (Å²) in [7, 11) is 1.72. The third kappa shape index (κ3) is 3.18. The Morgan fingerprint density at radius 3 is 2.74 bits per heavy atom. The van der Waals surface area contributed by atoms with E-state index in [2.05, 4.69) is 25.9 Å². The number of ether oxygens (including phenoxy) is 1. The summed E-state index contributed by atoms with van der Waals surface area (Å²) < 4.78 is 5.48. The second-order valence-corrected chi connectivity index (χ2v) is 6.80. The number of hydrogen-bond donors (Lipinski definition) is 1. The molecule has 0 saturated carbocycles. The van der Waals surface area contributed by atoms with Crippen LogP contribution < -0.4 is 15.2 Å². The highest BCUT2D eigenvalue weighted by molar-refractivity contribution is 5.57. The van der Waals surface area contributed by atoms with Gasteiger partial charge in [-0.3, -0.25) is 4.79 Å². The highest BCUT2D eigenvalue weighted by atomic mass is 16.5. The first kappa shape index (κ1) is 17.3. The van der Waals surface area contributed by atoms with Crippen LogP contribution in [0.2, 0.25) is 0 Å². The Balaban J connectivity index is 1.59. The fraction of sp³-hybridized carbons (Fsp3) is 0.286. The Morgan fingerprint density at radius 1 is 1.19 bits per heavy atom. The van der Waals surface area contributed by atoms with Crippen molar-refractivity contribution in [2.75, 3.05) is 18.6 Å². The van der Waals surface area contributed by atoms with E-state index in [-0.39, 0.29) is 5.56 Å². The first-order valence-electron chi connectivity index (χ1n) is 9.00. The van der Waals surface area contributed by atoms with Crippen LogP contribution in [0.3, 0.4) is 0 Å². The van der Waals surface area contributed by atoms with Crippen molar-refractivity contribution in [1.82, 2.24) is 15.0 Å². The molecule has 0 bridgehead atoms. The van der Waals surface area contributed by atoms with Crippen LogP contribution >= 0.6 is 0 Å². The first-order chi connectivity index (χ1) is 13.1. The van der Waals surface area contributed by atoms with E-state index in [0.717, 1.165) is 42.3 Å². The molecule has 1 aliphatic heterocycles. The largest absolute Gasteiger partial charge is 0.496 e. The Kier molecular flexibility index (Phi) is 4.39. The molecule has 0 spiro atoms. The van der Waals surface area contributed by atoms with Crippen LogP contribution in [0.1, 0.15) is 22.4 Å². The van der Waals surface area contributed by atoms with Crippen molar-refractivity contribution in [3.05, 3.63) is 69.3 Å². The Labute approximate surface area is 157 Å². The number of nitrogens with one attached hydrogen (secondary N) is 1. The molecule has 4 rings (SSSR count). The van der Waals surface area contributed by atoms with Crippen molar-refractivity contribution in [3.63, 3.8) is 0 Å². The van der Waals surface area contributed by atoms with Gasteiger partial charge in [-0.2, -0.15) is 0 Å². The van der Waals surface area contributed by atoms with Gasteiger partial charge in [-0.1, -0.05) is 12.1 Å². The molecule has 138 valence electrons. The minimum atomic E-state index is -0.108. The molecule has 1 N–H and O–H groups in total. The van der Waals surface area contributed by atoms with Gasteiger partial charge in [0.1, 0.15) is 17.4 Å². The van der Waals surface area contributed by atoms with Crippen LogP contribution in [-0.2, 0) is 13.0 Å². The van der Waals surface area contributed by atoms with Gasteiger partial charge in [-0.25, -0.2) is 9.97 Å². The summed E-state index contributed by atoms with van der Waals surface area (Å²) in [6.07, 6.45) is 2.69. The number of methoxy groups -OCH3 is 1. The predicted molar refractivity (Wildman–Crippen MR) is 105 cm³/mol. The fourth-order valence-corrected chi connectivity index (χ4v) is 3.46. The SMILES string of the molecule is COc1cccc2c1CCN(c1ccc(-c3nc(C)c(C)c(=O)[nH]3)cn1)C2. The van der Waals surface area contributed by atoms with E-state index in [1.165, 1.54) is 11.1 Å². The second kappa shape index (κ2) is 6.87. The van der Waals surface area contributed by atoms with E-state index < -0.39 is 0 Å². The summed E-state index contributed by atoms with van der Waals surface area (Å²) in [5, 5.41) is 0. The number of fused-ring (bicyclic) bond motifs is 1. The summed E-state index contributed by atoms with van der Waals surface area (Å²) in [5.74, 6) is 2.43. The topological polar surface area (TPSA) is 71.1 Å². The molecule has 0 aliphatic carbocycles. The zero-order chi connectivity index (χ0) is 19.0. The fourth-order valence-electron chi connectivity index (χ4n) is 3.46. The monoisotopic (exact) mass is 362 g/mol. The number of aromatic nitrogens is 3. The first-order valence-corrected chi connectivity index (χ1v) is 9.00. The van der Waals surface area contributed by atoms with Crippen LogP contribution in [0.25, 0.3) is 11.4 Å². The number of aromatic amines is 1. The molecule has 0 saturated heterocycles. The van der Waals surface area contributed by atoms with Gasteiger partial charge in [-0.15, -0.1) is 0 Å². The van der Waals surface area contributed by atoms with Gasteiger partial charge >= 0.3 is 0 Å². The minimum Gasteiger partial charge on any atom is -0.496 e. The van der Waals surface area contributed by atoms with E-state index in [0.29, 0.717) is 11.4 Å². The standard InChI is InChI=1S/C21H22N4O2/c1-13-14(2)23-20(24-21(13)26)15-7-8-19(22-11-15)25-10-9-17-16(12-25)5-4-6-18(17)27-3/h4-8,11H,9-10,12H2,1-3H3,(H,23,24,26). The molecule has 3 heterocycles. The molecule has 1 aliphatic rings. The number of aryl methyl sites for hydroxylation is 1. The molecule has 6 nitrogen and oxygen atoms in total. The lowest BCUT2D eigenvalue weighted by atomic mass is 9.98. The maximum absolute atomic E-state index is 12.0. The highest BCUT2D eigenvalue weighted by Crippen LogP contribution is 2.30. The average Bonchev–Trinajstić information content (AvgIpc) is 2.71. The van der Waals surface area contributed by atoms with Crippen molar-refractivity contribution < 1.29 is 4.74 Å². The summed E-state index contributed by atoms with van der Waals surface area (Å²) >= 11 is 0. The molecule has 27 heavy (non-hydrogen) atoms. The third-order valence-corrected chi connectivity index (χ3v) is 5.18. The number of pyridine rings is 1. The number of rotatable bonds is 3. The molecule has 0 atom stereocenters. The van der Waals surface area contributed by atoms with Gasteiger partial charge < -0.3 is 14.6 Å². The summed E-state index contributed by atoms with van der Waals surface area (Å²) in [5.41, 5.74) is 4.63. The summed E-state index contributed by atoms with van der Waals surface area (Å²) in [4.78, 5) is 26.1. The average molecular weight is 362 g/mol. The normalized spacial score (nSPS) is 13.4. The van der Waals surface area contributed by atoms with Gasteiger partial charge in [0, 0.05) is 41.7 Å². The van der Waals surface area contributed by atoms with Crippen LogP contribution in [0.15, 0.2) is 41.3 Å². The molecular weight excluding hydrogens is 340 g/mol. The number of hydrogen-bond acceptors (Lipinski definition) is 5. The number of H-pyrrole nitrogens is 1.